The summed E-state index contributed by atoms with van der Waals surface area (Å²) in [5, 5.41) is 11.9. The number of aliphatic carboxylic acids is 1. The van der Waals surface area contributed by atoms with Gasteiger partial charge >= 0.3 is 12.0 Å². The van der Waals surface area contributed by atoms with Crippen LogP contribution in [0.4, 0.5) is 4.79 Å². The maximum absolute atomic E-state index is 12.0. The van der Waals surface area contributed by atoms with Gasteiger partial charge in [-0.15, -0.1) is 0 Å². The van der Waals surface area contributed by atoms with Gasteiger partial charge in [0.25, 0.3) is 0 Å². The van der Waals surface area contributed by atoms with Crippen LogP contribution in [0.25, 0.3) is 0 Å². The highest BCUT2D eigenvalue weighted by atomic mass is 16.4. The van der Waals surface area contributed by atoms with E-state index in [4.69, 9.17) is 0 Å². The van der Waals surface area contributed by atoms with E-state index in [1.54, 1.807) is 11.8 Å². The SMILES string of the molecule is CCCCN(CC)C(=O)NC(C)(CCC)C(=O)O. The fraction of sp³-hybridized carbons (Fsp3) is 0.846. The quantitative estimate of drug-likeness (QED) is 0.702. The maximum Gasteiger partial charge on any atom is 0.329 e. The summed E-state index contributed by atoms with van der Waals surface area (Å²) >= 11 is 0. The van der Waals surface area contributed by atoms with E-state index in [9.17, 15) is 14.7 Å². The summed E-state index contributed by atoms with van der Waals surface area (Å²) in [5.74, 6) is -0.982. The van der Waals surface area contributed by atoms with Crippen LogP contribution < -0.4 is 5.32 Å². The van der Waals surface area contributed by atoms with Gasteiger partial charge in [-0.05, 0) is 26.7 Å². The molecule has 0 aromatic rings. The van der Waals surface area contributed by atoms with Crippen molar-refractivity contribution in [2.75, 3.05) is 13.1 Å². The van der Waals surface area contributed by atoms with Crippen LogP contribution in [0.15, 0.2) is 0 Å². The van der Waals surface area contributed by atoms with Crippen molar-refractivity contribution >= 4 is 12.0 Å². The molecule has 0 heterocycles. The third-order valence-corrected chi connectivity index (χ3v) is 3.06. The van der Waals surface area contributed by atoms with E-state index < -0.39 is 11.5 Å². The Balaban J connectivity index is 4.61. The minimum atomic E-state index is -1.18. The standard InChI is InChI=1S/C13H26N2O3/c1-5-8-10-15(7-3)12(18)14-13(4,9-6-2)11(16)17/h5-10H2,1-4H3,(H,14,18)(H,16,17). The Labute approximate surface area is 110 Å². The molecule has 0 aromatic heterocycles. The molecular formula is C13H26N2O3. The molecule has 5 heteroatoms. The van der Waals surface area contributed by atoms with E-state index in [-0.39, 0.29) is 6.03 Å². The predicted molar refractivity (Wildman–Crippen MR) is 71.6 cm³/mol. The van der Waals surface area contributed by atoms with E-state index in [1.165, 1.54) is 0 Å². The highest BCUT2D eigenvalue weighted by molar-refractivity contribution is 5.85. The van der Waals surface area contributed by atoms with Gasteiger partial charge in [-0.2, -0.15) is 0 Å². The second-order valence-corrected chi connectivity index (χ2v) is 4.75. The molecule has 18 heavy (non-hydrogen) atoms. The van der Waals surface area contributed by atoms with Gasteiger partial charge in [0.2, 0.25) is 0 Å². The zero-order valence-electron chi connectivity index (χ0n) is 12.0. The number of carbonyl (C=O) groups excluding carboxylic acids is 1. The summed E-state index contributed by atoms with van der Waals surface area (Å²) in [7, 11) is 0. The number of carboxylic acid groups (broad SMARTS) is 1. The highest BCUT2D eigenvalue weighted by Crippen LogP contribution is 2.13. The molecule has 0 radical (unpaired) electrons. The van der Waals surface area contributed by atoms with Crippen molar-refractivity contribution in [2.45, 2.75) is 58.9 Å². The van der Waals surface area contributed by atoms with Crippen LogP contribution >= 0.6 is 0 Å². The van der Waals surface area contributed by atoms with Crippen LogP contribution in [0.1, 0.15) is 53.4 Å². The smallest absolute Gasteiger partial charge is 0.329 e. The first kappa shape index (κ1) is 16.7. The van der Waals surface area contributed by atoms with Gasteiger partial charge in [0.15, 0.2) is 0 Å². The lowest BCUT2D eigenvalue weighted by molar-refractivity contribution is -0.144. The number of nitrogens with zero attached hydrogens (tertiary/aromatic N) is 1. The molecule has 0 aliphatic carbocycles. The van der Waals surface area contributed by atoms with E-state index >= 15 is 0 Å². The Bertz CT molecular complexity index is 281. The van der Waals surface area contributed by atoms with Crippen molar-refractivity contribution in [3.8, 4) is 0 Å². The number of hydrogen-bond donors (Lipinski definition) is 2. The lowest BCUT2D eigenvalue weighted by Gasteiger charge is -2.30. The first-order valence-corrected chi connectivity index (χ1v) is 6.71. The molecule has 5 nitrogen and oxygen atoms in total. The zero-order valence-corrected chi connectivity index (χ0v) is 12.0. The van der Waals surface area contributed by atoms with Crippen molar-refractivity contribution in [1.82, 2.24) is 10.2 Å². The first-order chi connectivity index (χ1) is 8.41. The molecule has 106 valence electrons. The Kier molecular flexibility index (Phi) is 7.39. The highest BCUT2D eigenvalue weighted by Gasteiger charge is 2.34. The summed E-state index contributed by atoms with van der Waals surface area (Å²) < 4.78 is 0. The molecule has 0 fully saturated rings. The predicted octanol–water partition coefficient (Wildman–Crippen LogP) is 2.46. The number of rotatable bonds is 8. The number of nitrogens with one attached hydrogen (secondary N) is 1. The largest absolute Gasteiger partial charge is 0.480 e. The van der Waals surface area contributed by atoms with Crippen LogP contribution in [0.3, 0.4) is 0 Å². The van der Waals surface area contributed by atoms with Crippen molar-refractivity contribution in [3.63, 3.8) is 0 Å². The molecule has 0 aliphatic heterocycles. The van der Waals surface area contributed by atoms with Gasteiger partial charge in [-0.25, -0.2) is 9.59 Å². The topological polar surface area (TPSA) is 69.6 Å². The Morgan fingerprint density at radius 2 is 1.83 bits per heavy atom. The summed E-state index contributed by atoms with van der Waals surface area (Å²) in [6.07, 6.45) is 3.08. The lowest BCUT2D eigenvalue weighted by atomic mass is 9.96. The molecular weight excluding hydrogens is 232 g/mol. The Morgan fingerprint density at radius 3 is 2.22 bits per heavy atom. The maximum atomic E-state index is 12.0. The van der Waals surface area contributed by atoms with Crippen molar-refractivity contribution in [3.05, 3.63) is 0 Å². The molecule has 1 atom stereocenters. The summed E-state index contributed by atoms with van der Waals surface area (Å²) in [6, 6.07) is -0.288. The molecule has 1 unspecified atom stereocenters. The van der Waals surface area contributed by atoms with Gasteiger partial charge < -0.3 is 15.3 Å². The van der Waals surface area contributed by atoms with Gasteiger partial charge in [0.05, 0.1) is 0 Å². The number of amides is 2. The molecule has 0 saturated carbocycles. The average Bonchev–Trinajstić information content (AvgIpc) is 2.30. The summed E-state index contributed by atoms with van der Waals surface area (Å²) in [5.41, 5.74) is -1.18. The molecule has 0 saturated heterocycles. The van der Waals surface area contributed by atoms with Gasteiger partial charge in [0.1, 0.15) is 5.54 Å². The van der Waals surface area contributed by atoms with Crippen molar-refractivity contribution in [1.29, 1.82) is 0 Å². The van der Waals surface area contributed by atoms with Crippen LogP contribution in [0, 0.1) is 0 Å². The second kappa shape index (κ2) is 7.95. The van der Waals surface area contributed by atoms with E-state index in [0.717, 1.165) is 12.8 Å². The van der Waals surface area contributed by atoms with Crippen molar-refractivity contribution < 1.29 is 14.7 Å². The number of hydrogen-bond acceptors (Lipinski definition) is 2. The Morgan fingerprint density at radius 1 is 1.22 bits per heavy atom. The molecule has 2 amide bonds. The van der Waals surface area contributed by atoms with Gasteiger partial charge in [-0.1, -0.05) is 26.7 Å². The second-order valence-electron chi connectivity index (χ2n) is 4.75. The molecule has 0 aromatic carbocycles. The monoisotopic (exact) mass is 258 g/mol. The Hall–Kier alpha value is -1.26. The number of carboxylic acids is 1. The van der Waals surface area contributed by atoms with Crippen LogP contribution in [0.2, 0.25) is 0 Å². The molecule has 0 spiro atoms. The zero-order chi connectivity index (χ0) is 14.2. The molecule has 0 rings (SSSR count). The van der Waals surface area contributed by atoms with E-state index in [2.05, 4.69) is 12.2 Å². The van der Waals surface area contributed by atoms with Gasteiger partial charge in [0, 0.05) is 13.1 Å². The van der Waals surface area contributed by atoms with Gasteiger partial charge in [-0.3, -0.25) is 0 Å². The molecule has 0 aliphatic rings. The van der Waals surface area contributed by atoms with Crippen LogP contribution in [0.5, 0.6) is 0 Å². The fourth-order valence-corrected chi connectivity index (χ4v) is 1.79. The van der Waals surface area contributed by atoms with E-state index in [1.807, 2.05) is 13.8 Å². The number of unbranched alkanes of at least 4 members (excludes halogenated alkanes) is 1. The summed E-state index contributed by atoms with van der Waals surface area (Å²) in [4.78, 5) is 24.9. The van der Waals surface area contributed by atoms with Crippen LogP contribution in [-0.2, 0) is 4.79 Å². The third kappa shape index (κ3) is 4.94. The van der Waals surface area contributed by atoms with Crippen molar-refractivity contribution in [2.24, 2.45) is 0 Å². The minimum Gasteiger partial charge on any atom is -0.480 e. The molecule has 2 N–H and O–H groups in total. The van der Waals surface area contributed by atoms with E-state index in [0.29, 0.717) is 25.9 Å². The number of carbonyl (C=O) groups is 2. The summed E-state index contributed by atoms with van der Waals surface area (Å²) in [6.45, 7) is 8.68. The number of urea groups is 1. The average molecular weight is 258 g/mol. The normalized spacial score (nSPS) is 13.8. The lowest BCUT2D eigenvalue weighted by Crippen LogP contribution is -2.56. The minimum absolute atomic E-state index is 0.288. The molecule has 0 bridgehead atoms. The first-order valence-electron chi connectivity index (χ1n) is 6.71. The fourth-order valence-electron chi connectivity index (χ4n) is 1.79. The third-order valence-electron chi connectivity index (χ3n) is 3.06. The van der Waals surface area contributed by atoms with Crippen LogP contribution in [-0.4, -0.2) is 40.6 Å².